The average molecular weight is 293 g/mol. The number of nitrogens with zero attached hydrogens (tertiary/aromatic N) is 1. The molecule has 1 aliphatic heterocycles. The molecule has 0 amide bonds. The lowest BCUT2D eigenvalue weighted by molar-refractivity contribution is -0.179. The van der Waals surface area contributed by atoms with Gasteiger partial charge < -0.3 is 4.90 Å². The zero-order valence-corrected chi connectivity index (χ0v) is 10.4. The van der Waals surface area contributed by atoms with Gasteiger partial charge in [0.05, 0.1) is 5.92 Å². The number of carbonyl (C=O) groups is 1. The molecule has 2 rings (SSSR count). The number of piperidine rings is 1. The number of benzene rings is 1. The Morgan fingerprint density at radius 2 is 1.60 bits per heavy atom. The molecule has 1 fully saturated rings. The van der Waals surface area contributed by atoms with Gasteiger partial charge in [0.15, 0.2) is 0 Å². The lowest BCUT2D eigenvalue weighted by Gasteiger charge is -2.34. The molecule has 1 saturated heterocycles. The van der Waals surface area contributed by atoms with Crippen LogP contribution in [0.25, 0.3) is 0 Å². The van der Waals surface area contributed by atoms with E-state index in [1.807, 2.05) is 0 Å². The number of rotatable bonds is 2. The summed E-state index contributed by atoms with van der Waals surface area (Å²) in [6.45, 7) is -0.142. The van der Waals surface area contributed by atoms with E-state index in [-0.39, 0.29) is 37.2 Å². The van der Waals surface area contributed by atoms with Crippen LogP contribution in [0.15, 0.2) is 12.1 Å². The lowest BCUT2D eigenvalue weighted by Crippen LogP contribution is -2.39. The molecule has 20 heavy (non-hydrogen) atoms. The van der Waals surface area contributed by atoms with Crippen molar-refractivity contribution in [2.24, 2.45) is 5.92 Å². The first-order chi connectivity index (χ1) is 9.32. The average Bonchev–Trinajstić information content (AvgIpc) is 2.37. The molecule has 0 atom stereocenters. The standard InChI is InChI=1S/C13H12F5NO/c14-10-5-8(7-20)6-11(15)12(10)19-3-1-9(2-4-19)13(16,17)18/h5-7,9H,1-4H2. The first-order valence-electron chi connectivity index (χ1n) is 6.09. The minimum absolute atomic E-state index is 0.0710. The summed E-state index contributed by atoms with van der Waals surface area (Å²) in [6.07, 6.45) is -4.36. The largest absolute Gasteiger partial charge is 0.391 e. The van der Waals surface area contributed by atoms with Crippen molar-refractivity contribution in [2.45, 2.75) is 19.0 Å². The Balaban J connectivity index is 2.17. The second-order valence-electron chi connectivity index (χ2n) is 4.75. The Hall–Kier alpha value is -1.66. The molecule has 0 unspecified atom stereocenters. The van der Waals surface area contributed by atoms with Crippen LogP contribution in [0, 0.1) is 17.6 Å². The van der Waals surface area contributed by atoms with Crippen LogP contribution in [-0.4, -0.2) is 25.6 Å². The Labute approximate surface area is 112 Å². The van der Waals surface area contributed by atoms with Crippen LogP contribution in [0.1, 0.15) is 23.2 Å². The van der Waals surface area contributed by atoms with Gasteiger partial charge in [0.1, 0.15) is 23.6 Å². The minimum Gasteiger partial charge on any atom is -0.367 e. The normalized spacial score (nSPS) is 17.4. The van der Waals surface area contributed by atoms with E-state index in [0.717, 1.165) is 12.1 Å². The fourth-order valence-electron chi connectivity index (χ4n) is 2.39. The lowest BCUT2D eigenvalue weighted by atomic mass is 9.95. The topological polar surface area (TPSA) is 20.3 Å². The maximum Gasteiger partial charge on any atom is 0.391 e. The van der Waals surface area contributed by atoms with Crippen LogP contribution in [0.5, 0.6) is 0 Å². The van der Waals surface area contributed by atoms with Crippen LogP contribution < -0.4 is 4.90 Å². The van der Waals surface area contributed by atoms with Crippen LogP contribution in [0.2, 0.25) is 0 Å². The molecule has 110 valence electrons. The van der Waals surface area contributed by atoms with E-state index in [1.54, 1.807) is 0 Å². The van der Waals surface area contributed by atoms with Gasteiger partial charge in [-0.2, -0.15) is 13.2 Å². The number of halogens is 5. The Bertz CT molecular complexity index is 483. The summed E-state index contributed by atoms with van der Waals surface area (Å²) in [5.41, 5.74) is -0.509. The molecule has 7 heteroatoms. The highest BCUT2D eigenvalue weighted by Gasteiger charge is 2.41. The van der Waals surface area contributed by atoms with E-state index in [4.69, 9.17) is 0 Å². The third-order valence-corrected chi connectivity index (χ3v) is 3.45. The van der Waals surface area contributed by atoms with Gasteiger partial charge in [0, 0.05) is 18.7 Å². The summed E-state index contributed by atoms with van der Waals surface area (Å²) in [4.78, 5) is 11.7. The summed E-state index contributed by atoms with van der Waals surface area (Å²) in [5, 5.41) is 0. The number of alkyl halides is 3. The number of hydrogen-bond donors (Lipinski definition) is 0. The molecule has 0 aromatic heterocycles. The van der Waals surface area contributed by atoms with Gasteiger partial charge in [-0.1, -0.05) is 0 Å². The molecule has 2 nitrogen and oxygen atoms in total. The fraction of sp³-hybridized carbons (Fsp3) is 0.462. The number of carbonyl (C=O) groups excluding carboxylic acids is 1. The minimum atomic E-state index is -4.27. The van der Waals surface area contributed by atoms with Gasteiger partial charge in [-0.25, -0.2) is 8.78 Å². The summed E-state index contributed by atoms with van der Waals surface area (Å²) in [7, 11) is 0. The molecule has 1 aliphatic rings. The number of hydrogen-bond acceptors (Lipinski definition) is 2. The van der Waals surface area contributed by atoms with Crippen molar-refractivity contribution in [2.75, 3.05) is 18.0 Å². The van der Waals surface area contributed by atoms with Gasteiger partial charge in [-0.3, -0.25) is 4.79 Å². The molecule has 0 radical (unpaired) electrons. The number of aldehydes is 1. The third-order valence-electron chi connectivity index (χ3n) is 3.45. The molecule has 1 aromatic rings. The van der Waals surface area contributed by atoms with Crippen molar-refractivity contribution in [3.05, 3.63) is 29.3 Å². The second-order valence-corrected chi connectivity index (χ2v) is 4.75. The van der Waals surface area contributed by atoms with E-state index in [2.05, 4.69) is 0 Å². The first-order valence-corrected chi connectivity index (χ1v) is 6.09. The summed E-state index contributed by atoms with van der Waals surface area (Å²) in [6, 6.07) is 1.75. The van der Waals surface area contributed by atoms with Gasteiger partial charge in [-0.15, -0.1) is 0 Å². The molecule has 1 aromatic carbocycles. The Morgan fingerprint density at radius 3 is 2.00 bits per heavy atom. The van der Waals surface area contributed by atoms with E-state index < -0.39 is 23.7 Å². The zero-order valence-electron chi connectivity index (χ0n) is 10.4. The van der Waals surface area contributed by atoms with Crippen molar-refractivity contribution < 1.29 is 26.7 Å². The van der Waals surface area contributed by atoms with Crippen LogP contribution in [0.4, 0.5) is 27.6 Å². The molecular weight excluding hydrogens is 281 g/mol. The highest BCUT2D eigenvalue weighted by atomic mass is 19.4. The van der Waals surface area contributed by atoms with Crippen LogP contribution in [0.3, 0.4) is 0 Å². The molecule has 0 spiro atoms. The van der Waals surface area contributed by atoms with Gasteiger partial charge in [-0.05, 0) is 25.0 Å². The molecule has 1 heterocycles. The van der Waals surface area contributed by atoms with Crippen molar-refractivity contribution in [1.82, 2.24) is 0 Å². The third kappa shape index (κ3) is 2.91. The zero-order chi connectivity index (χ0) is 14.9. The van der Waals surface area contributed by atoms with Crippen molar-refractivity contribution >= 4 is 12.0 Å². The highest BCUT2D eigenvalue weighted by Crippen LogP contribution is 2.36. The molecular formula is C13H12F5NO. The van der Waals surface area contributed by atoms with Crippen molar-refractivity contribution in [3.8, 4) is 0 Å². The molecule has 0 bridgehead atoms. The SMILES string of the molecule is O=Cc1cc(F)c(N2CCC(C(F)(F)F)CC2)c(F)c1. The van der Waals surface area contributed by atoms with Crippen LogP contribution >= 0.6 is 0 Å². The van der Waals surface area contributed by atoms with E-state index in [0.29, 0.717) is 6.29 Å². The summed E-state index contributed by atoms with van der Waals surface area (Å²) < 4.78 is 65.1. The summed E-state index contributed by atoms with van der Waals surface area (Å²) in [5.74, 6) is -3.30. The van der Waals surface area contributed by atoms with Gasteiger partial charge in [0.25, 0.3) is 0 Å². The van der Waals surface area contributed by atoms with Gasteiger partial charge >= 0.3 is 6.18 Å². The second kappa shape index (κ2) is 5.38. The quantitative estimate of drug-likeness (QED) is 0.614. The highest BCUT2D eigenvalue weighted by molar-refractivity contribution is 5.76. The predicted molar refractivity (Wildman–Crippen MR) is 62.7 cm³/mol. The monoisotopic (exact) mass is 293 g/mol. The smallest absolute Gasteiger partial charge is 0.367 e. The Kier molecular flexibility index (Phi) is 3.96. The molecule has 0 aliphatic carbocycles. The van der Waals surface area contributed by atoms with E-state index in [9.17, 15) is 26.7 Å². The summed E-state index contributed by atoms with van der Waals surface area (Å²) >= 11 is 0. The molecule has 0 N–H and O–H groups in total. The Morgan fingerprint density at radius 1 is 1.10 bits per heavy atom. The first kappa shape index (κ1) is 14.7. The van der Waals surface area contributed by atoms with E-state index in [1.165, 1.54) is 4.90 Å². The van der Waals surface area contributed by atoms with Crippen molar-refractivity contribution in [1.29, 1.82) is 0 Å². The van der Waals surface area contributed by atoms with Crippen molar-refractivity contribution in [3.63, 3.8) is 0 Å². The van der Waals surface area contributed by atoms with Gasteiger partial charge in [0.2, 0.25) is 0 Å². The maximum absolute atomic E-state index is 13.8. The predicted octanol–water partition coefficient (Wildman–Crippen LogP) is 3.56. The fourth-order valence-corrected chi connectivity index (χ4v) is 2.39. The molecule has 0 saturated carbocycles. The van der Waals surface area contributed by atoms with E-state index >= 15 is 0 Å². The number of anilines is 1. The maximum atomic E-state index is 13.8. The van der Waals surface area contributed by atoms with Crippen LogP contribution in [-0.2, 0) is 0 Å².